The first-order chi connectivity index (χ1) is 8.53. The Hall–Kier alpha value is -0.960. The minimum absolute atomic E-state index is 0.0194. The van der Waals surface area contributed by atoms with Gasteiger partial charge in [0.25, 0.3) is 0 Å². The molecule has 0 amide bonds. The maximum absolute atomic E-state index is 12.4. The molecule has 2 rings (SSSR count). The average Bonchev–Trinajstić information content (AvgIpc) is 2.39. The first-order valence-corrected chi connectivity index (χ1v) is 7.64. The lowest BCUT2D eigenvalue weighted by molar-refractivity contribution is 0.101. The van der Waals surface area contributed by atoms with Crippen LogP contribution in [0, 0.1) is 0 Å². The topological polar surface area (TPSA) is 52.6 Å². The van der Waals surface area contributed by atoms with Gasteiger partial charge >= 0.3 is 7.60 Å². The zero-order valence-corrected chi connectivity index (χ0v) is 11.5. The maximum atomic E-state index is 12.4. The molecule has 0 saturated carbocycles. The van der Waals surface area contributed by atoms with Gasteiger partial charge in [-0.3, -0.25) is 9.36 Å². The Kier molecular flexibility index (Phi) is 4.00. The van der Waals surface area contributed by atoms with Crippen LogP contribution in [0.5, 0.6) is 0 Å². The molecule has 4 nitrogen and oxygen atoms in total. The minimum Gasteiger partial charge on any atom is -0.308 e. The van der Waals surface area contributed by atoms with Crippen molar-refractivity contribution in [1.82, 2.24) is 0 Å². The summed E-state index contributed by atoms with van der Waals surface area (Å²) in [4.78, 5) is 11.2. The van der Waals surface area contributed by atoms with Crippen LogP contribution in [0.2, 0.25) is 0 Å². The predicted molar refractivity (Wildman–Crippen MR) is 69.0 cm³/mol. The number of hydrogen-bond acceptors (Lipinski definition) is 4. The molecule has 0 radical (unpaired) electrons. The van der Waals surface area contributed by atoms with E-state index in [9.17, 15) is 9.36 Å². The van der Waals surface area contributed by atoms with Crippen LogP contribution in [0.3, 0.4) is 0 Å². The summed E-state index contributed by atoms with van der Waals surface area (Å²) >= 11 is 0. The van der Waals surface area contributed by atoms with Gasteiger partial charge in [-0.25, -0.2) is 0 Å². The van der Waals surface area contributed by atoms with Gasteiger partial charge in [0.1, 0.15) is 0 Å². The highest BCUT2D eigenvalue weighted by Gasteiger charge is 2.35. The second kappa shape index (κ2) is 5.35. The predicted octanol–water partition coefficient (Wildman–Crippen LogP) is 3.58. The van der Waals surface area contributed by atoms with Crippen molar-refractivity contribution in [3.63, 3.8) is 0 Å². The largest absolute Gasteiger partial charge is 0.337 e. The second-order valence-electron chi connectivity index (χ2n) is 4.41. The van der Waals surface area contributed by atoms with Gasteiger partial charge in [0.05, 0.1) is 18.9 Å². The lowest BCUT2D eigenvalue weighted by atomic mass is 10.1. The molecule has 0 aliphatic carbocycles. The van der Waals surface area contributed by atoms with Gasteiger partial charge in [-0.15, -0.1) is 0 Å². The molecule has 18 heavy (non-hydrogen) atoms. The third kappa shape index (κ3) is 2.72. The number of Topliss-reactive ketones (excluding diaryl/α,β-unsaturated/α-hetero) is 1. The molecule has 0 bridgehead atoms. The Morgan fingerprint density at radius 1 is 1.22 bits per heavy atom. The van der Waals surface area contributed by atoms with Crippen molar-refractivity contribution >= 4 is 13.4 Å². The van der Waals surface area contributed by atoms with E-state index in [-0.39, 0.29) is 11.4 Å². The zero-order valence-electron chi connectivity index (χ0n) is 10.6. The van der Waals surface area contributed by atoms with Gasteiger partial charge in [0.15, 0.2) is 5.78 Å². The van der Waals surface area contributed by atoms with Crippen molar-refractivity contribution in [3.05, 3.63) is 35.4 Å². The fourth-order valence-electron chi connectivity index (χ4n) is 1.88. The number of benzene rings is 1. The first kappa shape index (κ1) is 13.5. The smallest absolute Gasteiger partial charge is 0.308 e. The summed E-state index contributed by atoms with van der Waals surface area (Å²) in [5.74, 6) is 0.0194. The maximum Gasteiger partial charge on any atom is 0.337 e. The molecule has 0 spiro atoms. The second-order valence-corrected chi connectivity index (χ2v) is 6.78. The van der Waals surface area contributed by atoms with E-state index >= 15 is 0 Å². The summed E-state index contributed by atoms with van der Waals surface area (Å²) in [7, 11) is -3.05. The van der Waals surface area contributed by atoms with Crippen molar-refractivity contribution in [2.45, 2.75) is 25.9 Å². The molecule has 1 unspecified atom stereocenters. The summed E-state index contributed by atoms with van der Waals surface area (Å²) in [6, 6.07) is 7.10. The molecule has 5 heteroatoms. The van der Waals surface area contributed by atoms with E-state index in [0.717, 1.165) is 12.0 Å². The van der Waals surface area contributed by atoms with Crippen molar-refractivity contribution < 1.29 is 18.4 Å². The highest BCUT2D eigenvalue weighted by molar-refractivity contribution is 7.54. The lowest BCUT2D eigenvalue weighted by Gasteiger charge is -2.28. The molecule has 1 saturated heterocycles. The van der Waals surface area contributed by atoms with Crippen molar-refractivity contribution in [3.8, 4) is 0 Å². The Morgan fingerprint density at radius 2 is 1.78 bits per heavy atom. The van der Waals surface area contributed by atoms with Crippen LogP contribution >= 0.6 is 7.60 Å². The standard InChI is InChI=1S/C13H17O4P/c1-10(14)12-4-6-13(7-5-12)11(2)18(15)16-8-3-9-17-18/h4-7,11H,3,8-9H2,1-2H3. The summed E-state index contributed by atoms with van der Waals surface area (Å²) in [6.07, 6.45) is 0.778. The van der Waals surface area contributed by atoms with Crippen LogP contribution in [0.1, 0.15) is 41.8 Å². The minimum atomic E-state index is -3.05. The van der Waals surface area contributed by atoms with E-state index in [1.165, 1.54) is 6.92 Å². The summed E-state index contributed by atoms with van der Waals surface area (Å²) < 4.78 is 23.1. The van der Waals surface area contributed by atoms with Crippen LogP contribution in [0.25, 0.3) is 0 Å². The van der Waals surface area contributed by atoms with Crippen molar-refractivity contribution in [2.24, 2.45) is 0 Å². The van der Waals surface area contributed by atoms with E-state index in [0.29, 0.717) is 18.8 Å². The van der Waals surface area contributed by atoms with Crippen LogP contribution in [0.4, 0.5) is 0 Å². The third-order valence-electron chi connectivity index (χ3n) is 3.11. The Balaban J connectivity index is 2.20. The van der Waals surface area contributed by atoms with Crippen LogP contribution < -0.4 is 0 Å². The Labute approximate surface area is 107 Å². The van der Waals surface area contributed by atoms with Gasteiger partial charge in [-0.1, -0.05) is 24.3 Å². The molecule has 1 atom stereocenters. The van der Waals surface area contributed by atoms with E-state index in [1.54, 1.807) is 12.1 Å². The molecule has 1 aliphatic rings. The van der Waals surface area contributed by atoms with E-state index in [2.05, 4.69) is 0 Å². The van der Waals surface area contributed by atoms with Crippen molar-refractivity contribution in [2.75, 3.05) is 13.2 Å². The number of hydrogen-bond donors (Lipinski definition) is 0. The molecule has 1 aromatic rings. The van der Waals surface area contributed by atoms with Crippen LogP contribution in [-0.2, 0) is 13.6 Å². The molecule has 1 heterocycles. The summed E-state index contributed by atoms with van der Waals surface area (Å²) in [5, 5.41) is 0. The van der Waals surface area contributed by atoms with Gasteiger partial charge in [-0.2, -0.15) is 0 Å². The zero-order chi connectivity index (χ0) is 13.2. The number of carbonyl (C=O) groups is 1. The van der Waals surface area contributed by atoms with Crippen molar-refractivity contribution in [1.29, 1.82) is 0 Å². The van der Waals surface area contributed by atoms with Gasteiger partial charge in [0, 0.05) is 5.56 Å². The monoisotopic (exact) mass is 268 g/mol. The Morgan fingerprint density at radius 3 is 2.28 bits per heavy atom. The fourth-order valence-corrected chi connectivity index (χ4v) is 3.71. The third-order valence-corrected chi connectivity index (χ3v) is 5.44. The highest BCUT2D eigenvalue weighted by Crippen LogP contribution is 2.62. The van der Waals surface area contributed by atoms with E-state index < -0.39 is 7.60 Å². The molecule has 1 fully saturated rings. The number of ketones is 1. The van der Waals surface area contributed by atoms with Gasteiger partial charge in [-0.05, 0) is 25.8 Å². The lowest BCUT2D eigenvalue weighted by Crippen LogP contribution is -2.12. The van der Waals surface area contributed by atoms with Gasteiger partial charge < -0.3 is 9.05 Å². The average molecular weight is 268 g/mol. The van der Waals surface area contributed by atoms with Gasteiger partial charge in [0.2, 0.25) is 0 Å². The SMILES string of the molecule is CC(=O)c1ccc(C(C)P2(=O)OCCCO2)cc1. The Bertz CT molecular complexity index is 470. The summed E-state index contributed by atoms with van der Waals surface area (Å²) in [6.45, 7) is 4.31. The fraction of sp³-hybridized carbons (Fsp3) is 0.462. The number of carbonyl (C=O) groups excluding carboxylic acids is 1. The molecule has 0 N–H and O–H groups in total. The number of rotatable bonds is 3. The van der Waals surface area contributed by atoms with E-state index in [1.807, 2.05) is 19.1 Å². The molecular weight excluding hydrogens is 251 g/mol. The molecule has 0 aromatic heterocycles. The molecule has 1 aromatic carbocycles. The van der Waals surface area contributed by atoms with Crippen LogP contribution in [-0.4, -0.2) is 19.0 Å². The molecular formula is C13H17O4P. The molecule has 98 valence electrons. The van der Waals surface area contributed by atoms with E-state index in [4.69, 9.17) is 9.05 Å². The molecule has 1 aliphatic heterocycles. The highest BCUT2D eigenvalue weighted by atomic mass is 31.2. The first-order valence-electron chi connectivity index (χ1n) is 6.02. The van der Waals surface area contributed by atoms with Crippen LogP contribution in [0.15, 0.2) is 24.3 Å². The normalized spacial score (nSPS) is 20.3. The quantitative estimate of drug-likeness (QED) is 0.621. The summed E-state index contributed by atoms with van der Waals surface area (Å²) in [5.41, 5.74) is 1.21.